The Bertz CT molecular complexity index is 192. The van der Waals surface area contributed by atoms with E-state index in [0.717, 1.165) is 25.4 Å². The van der Waals surface area contributed by atoms with E-state index in [1.54, 1.807) is 0 Å². The summed E-state index contributed by atoms with van der Waals surface area (Å²) in [6.45, 7) is 9.62. The first kappa shape index (κ1) is 19.9. The molecular weight excluding hydrogens is 248 g/mol. The van der Waals surface area contributed by atoms with Crippen LogP contribution in [0.3, 0.4) is 0 Å². The van der Waals surface area contributed by atoms with Crippen molar-refractivity contribution < 1.29 is 9.84 Å². The second-order valence-corrected chi connectivity index (χ2v) is 6.44. The van der Waals surface area contributed by atoms with Crippen LogP contribution in [0.5, 0.6) is 0 Å². The summed E-state index contributed by atoms with van der Waals surface area (Å²) in [5, 5.41) is 9.20. The highest BCUT2D eigenvalue weighted by Gasteiger charge is 2.11. The Morgan fingerprint density at radius 3 is 2.10 bits per heavy atom. The van der Waals surface area contributed by atoms with E-state index < -0.39 is 0 Å². The maximum atomic E-state index is 9.20. The summed E-state index contributed by atoms with van der Waals surface area (Å²) < 4.78 is 5.95. The van der Waals surface area contributed by atoms with Crippen LogP contribution in [0.25, 0.3) is 0 Å². The van der Waals surface area contributed by atoms with Crippen LogP contribution in [0, 0.1) is 5.92 Å². The van der Waals surface area contributed by atoms with Crippen molar-refractivity contribution in [2.45, 2.75) is 104 Å². The van der Waals surface area contributed by atoms with Crippen LogP contribution in [0.15, 0.2) is 0 Å². The Morgan fingerprint density at radius 2 is 1.55 bits per heavy atom. The minimum atomic E-state index is -0.125. The standard InChI is InChI=1S/C18H38O2/c1-5-7-14-20-18(6-2)15-16(3)12-10-8-9-11-13-17(4)19/h16-19H,5-15H2,1-4H3/t16?,17-,18?/m0/s1. The number of rotatable bonds is 14. The van der Waals surface area contributed by atoms with Crippen molar-refractivity contribution in [3.63, 3.8) is 0 Å². The van der Waals surface area contributed by atoms with Gasteiger partial charge in [-0.25, -0.2) is 0 Å². The van der Waals surface area contributed by atoms with Crippen LogP contribution in [-0.4, -0.2) is 23.9 Å². The van der Waals surface area contributed by atoms with Crippen molar-refractivity contribution >= 4 is 0 Å². The summed E-state index contributed by atoms with van der Waals surface area (Å²) in [6.07, 6.45) is 12.5. The minimum absolute atomic E-state index is 0.125. The molecule has 0 bridgehead atoms. The number of aliphatic hydroxyl groups is 1. The maximum Gasteiger partial charge on any atom is 0.0575 e. The highest BCUT2D eigenvalue weighted by Crippen LogP contribution is 2.19. The number of hydrogen-bond acceptors (Lipinski definition) is 2. The summed E-state index contributed by atoms with van der Waals surface area (Å²) in [7, 11) is 0. The lowest BCUT2D eigenvalue weighted by molar-refractivity contribution is 0.0326. The maximum absolute atomic E-state index is 9.20. The molecule has 0 amide bonds. The molecule has 0 aromatic rings. The van der Waals surface area contributed by atoms with Crippen LogP contribution >= 0.6 is 0 Å². The summed E-state index contributed by atoms with van der Waals surface area (Å²) in [5.41, 5.74) is 0. The molecule has 0 rings (SSSR count). The molecule has 0 aliphatic rings. The fourth-order valence-electron chi connectivity index (χ4n) is 2.60. The molecule has 0 aliphatic heterocycles. The zero-order chi connectivity index (χ0) is 15.2. The van der Waals surface area contributed by atoms with Crippen molar-refractivity contribution in [1.29, 1.82) is 0 Å². The summed E-state index contributed by atoms with van der Waals surface area (Å²) in [4.78, 5) is 0. The molecule has 0 heterocycles. The lowest BCUT2D eigenvalue weighted by Crippen LogP contribution is -2.16. The first-order chi connectivity index (χ1) is 9.60. The molecule has 0 aromatic heterocycles. The van der Waals surface area contributed by atoms with Crippen molar-refractivity contribution in [2.24, 2.45) is 5.92 Å². The Kier molecular flexibility index (Phi) is 13.8. The molecule has 0 aliphatic carbocycles. The average molecular weight is 286 g/mol. The van der Waals surface area contributed by atoms with Gasteiger partial charge in [0, 0.05) is 6.61 Å². The van der Waals surface area contributed by atoms with Crippen molar-refractivity contribution in [2.75, 3.05) is 6.61 Å². The first-order valence-corrected chi connectivity index (χ1v) is 8.89. The van der Waals surface area contributed by atoms with E-state index in [4.69, 9.17) is 4.74 Å². The van der Waals surface area contributed by atoms with Gasteiger partial charge in [0.2, 0.25) is 0 Å². The second-order valence-electron chi connectivity index (χ2n) is 6.44. The number of ether oxygens (including phenoxy) is 1. The zero-order valence-corrected chi connectivity index (χ0v) is 14.4. The number of hydrogen-bond donors (Lipinski definition) is 1. The highest BCUT2D eigenvalue weighted by atomic mass is 16.5. The van der Waals surface area contributed by atoms with E-state index in [0.29, 0.717) is 6.10 Å². The molecule has 1 N–H and O–H groups in total. The molecule has 0 spiro atoms. The SMILES string of the molecule is CCCCOC(CC)CC(C)CCCCCC[C@H](C)O. The smallest absolute Gasteiger partial charge is 0.0575 e. The van der Waals surface area contributed by atoms with E-state index in [2.05, 4.69) is 20.8 Å². The normalized spacial score (nSPS) is 16.1. The van der Waals surface area contributed by atoms with Crippen LogP contribution in [-0.2, 0) is 4.74 Å². The molecule has 0 aromatic carbocycles. The molecule has 0 saturated heterocycles. The summed E-state index contributed by atoms with van der Waals surface area (Å²) in [6, 6.07) is 0. The third-order valence-electron chi connectivity index (χ3n) is 4.04. The van der Waals surface area contributed by atoms with Gasteiger partial charge in [0.05, 0.1) is 12.2 Å². The number of unbranched alkanes of at least 4 members (excludes halogenated alkanes) is 4. The van der Waals surface area contributed by atoms with Crippen LogP contribution in [0.4, 0.5) is 0 Å². The molecule has 2 nitrogen and oxygen atoms in total. The van der Waals surface area contributed by atoms with Gasteiger partial charge in [-0.1, -0.05) is 59.3 Å². The van der Waals surface area contributed by atoms with Gasteiger partial charge in [0.25, 0.3) is 0 Å². The quantitative estimate of drug-likeness (QED) is 0.437. The van der Waals surface area contributed by atoms with Gasteiger partial charge in [-0.2, -0.15) is 0 Å². The average Bonchev–Trinajstić information content (AvgIpc) is 2.41. The molecule has 2 heteroatoms. The van der Waals surface area contributed by atoms with Gasteiger partial charge in [0.15, 0.2) is 0 Å². The molecule has 0 radical (unpaired) electrons. The molecule has 20 heavy (non-hydrogen) atoms. The monoisotopic (exact) mass is 286 g/mol. The zero-order valence-electron chi connectivity index (χ0n) is 14.4. The molecule has 0 fully saturated rings. The van der Waals surface area contributed by atoms with Crippen molar-refractivity contribution in [3.8, 4) is 0 Å². The fourth-order valence-corrected chi connectivity index (χ4v) is 2.60. The van der Waals surface area contributed by atoms with Crippen LogP contribution in [0.2, 0.25) is 0 Å². The Morgan fingerprint density at radius 1 is 0.900 bits per heavy atom. The van der Waals surface area contributed by atoms with E-state index >= 15 is 0 Å². The Hall–Kier alpha value is -0.0800. The Labute approximate surface area is 127 Å². The van der Waals surface area contributed by atoms with Gasteiger partial charge in [-0.15, -0.1) is 0 Å². The summed E-state index contributed by atoms with van der Waals surface area (Å²) in [5.74, 6) is 0.776. The lowest BCUT2D eigenvalue weighted by Gasteiger charge is -2.20. The fraction of sp³-hybridized carbons (Fsp3) is 1.00. The van der Waals surface area contributed by atoms with Crippen molar-refractivity contribution in [3.05, 3.63) is 0 Å². The topological polar surface area (TPSA) is 29.5 Å². The van der Waals surface area contributed by atoms with E-state index in [1.807, 2.05) is 6.92 Å². The minimum Gasteiger partial charge on any atom is -0.393 e. The first-order valence-electron chi connectivity index (χ1n) is 8.89. The van der Waals surface area contributed by atoms with Gasteiger partial charge < -0.3 is 9.84 Å². The second kappa shape index (κ2) is 13.9. The van der Waals surface area contributed by atoms with Crippen LogP contribution < -0.4 is 0 Å². The van der Waals surface area contributed by atoms with E-state index in [1.165, 1.54) is 51.4 Å². The van der Waals surface area contributed by atoms with Gasteiger partial charge in [-0.3, -0.25) is 0 Å². The Balaban J connectivity index is 3.51. The number of aliphatic hydroxyl groups excluding tert-OH is 1. The van der Waals surface area contributed by atoms with E-state index in [-0.39, 0.29) is 6.10 Å². The largest absolute Gasteiger partial charge is 0.393 e. The van der Waals surface area contributed by atoms with Crippen molar-refractivity contribution in [1.82, 2.24) is 0 Å². The third-order valence-corrected chi connectivity index (χ3v) is 4.04. The van der Waals surface area contributed by atoms with Gasteiger partial charge in [-0.05, 0) is 38.5 Å². The van der Waals surface area contributed by atoms with Crippen LogP contribution in [0.1, 0.15) is 91.9 Å². The predicted molar refractivity (Wildman–Crippen MR) is 88.1 cm³/mol. The van der Waals surface area contributed by atoms with Gasteiger partial charge in [0.1, 0.15) is 0 Å². The predicted octanol–water partition coefficient (Wildman–Crippen LogP) is 5.33. The molecule has 122 valence electrons. The van der Waals surface area contributed by atoms with E-state index in [9.17, 15) is 5.11 Å². The molecular formula is C18H38O2. The lowest BCUT2D eigenvalue weighted by atomic mass is 9.95. The molecule has 2 unspecified atom stereocenters. The molecule has 0 saturated carbocycles. The van der Waals surface area contributed by atoms with Gasteiger partial charge >= 0.3 is 0 Å². The third kappa shape index (κ3) is 12.9. The molecule has 3 atom stereocenters. The highest BCUT2D eigenvalue weighted by molar-refractivity contribution is 4.63. The summed E-state index contributed by atoms with van der Waals surface area (Å²) >= 11 is 0.